The maximum absolute atomic E-state index is 11.1. The summed E-state index contributed by atoms with van der Waals surface area (Å²) in [7, 11) is 3.28. The molecule has 0 saturated heterocycles. The van der Waals surface area contributed by atoms with Crippen molar-refractivity contribution in [1.29, 1.82) is 0 Å². The van der Waals surface area contributed by atoms with Crippen LogP contribution in [0, 0.1) is 7.05 Å². The molecule has 3 nitrogen and oxygen atoms in total. The Morgan fingerprint density at radius 3 is 2.36 bits per heavy atom. The van der Waals surface area contributed by atoms with Crippen molar-refractivity contribution in [2.75, 3.05) is 0 Å². The third-order valence-corrected chi connectivity index (χ3v) is 1.28. The lowest BCUT2D eigenvalue weighted by molar-refractivity contribution is 0.0818. The van der Waals surface area contributed by atoms with Crippen molar-refractivity contribution in [2.45, 2.75) is 0 Å². The Kier molecular flexibility index (Phi) is 2.23. The van der Waals surface area contributed by atoms with Gasteiger partial charge in [-0.2, -0.15) is 0 Å². The minimum absolute atomic E-state index is 0.286. The first-order valence-corrected chi connectivity index (χ1v) is 3.16. The summed E-state index contributed by atoms with van der Waals surface area (Å²) in [5.41, 5.74) is 0.546. The van der Waals surface area contributed by atoms with E-state index >= 15 is 0 Å². The molecule has 0 spiro atoms. The second-order valence-electron chi connectivity index (χ2n) is 2.14. The van der Waals surface area contributed by atoms with Crippen LogP contribution in [-0.4, -0.2) is 10.9 Å². The molecule has 0 aromatic heterocycles. The Balaban J connectivity index is 2.86. The topological polar surface area (TPSA) is 46.3 Å². The molecule has 0 atom stereocenters. The number of hydrogen-bond donors (Lipinski definition) is 1. The van der Waals surface area contributed by atoms with Gasteiger partial charge in [0.15, 0.2) is 0 Å². The number of carbonyl (C=O) groups excluding carboxylic acids is 1. The van der Waals surface area contributed by atoms with E-state index in [4.69, 9.17) is 5.84 Å². The van der Waals surface area contributed by atoms with Crippen LogP contribution in [0.2, 0.25) is 0 Å². The predicted octanol–water partition coefficient (Wildman–Crippen LogP) is 0.794. The quantitative estimate of drug-likeness (QED) is 0.364. The smallest absolute Gasteiger partial charge is 0.267 e. The first-order chi connectivity index (χ1) is 5.22. The lowest BCUT2D eigenvalue weighted by atomic mass is 10.2. The summed E-state index contributed by atoms with van der Waals surface area (Å²) in [6, 6.07) is 8.76. The summed E-state index contributed by atoms with van der Waals surface area (Å²) >= 11 is 0. The normalized spacial score (nSPS) is 9.27. The molecule has 11 heavy (non-hydrogen) atoms. The zero-order chi connectivity index (χ0) is 8.27. The van der Waals surface area contributed by atoms with Gasteiger partial charge in [-0.3, -0.25) is 9.80 Å². The Bertz CT molecular complexity index is 244. The largest absolute Gasteiger partial charge is 0.275 e. The van der Waals surface area contributed by atoms with Crippen LogP contribution < -0.4 is 5.84 Å². The van der Waals surface area contributed by atoms with Gasteiger partial charge in [0.1, 0.15) is 0 Å². The Morgan fingerprint density at radius 1 is 1.36 bits per heavy atom. The number of nitrogens with two attached hydrogens (primary N) is 1. The molecule has 0 heterocycles. The molecule has 0 bridgehead atoms. The average Bonchev–Trinajstić information content (AvgIpc) is 2.05. The second kappa shape index (κ2) is 3.16. The molecular weight excluding hydrogens is 140 g/mol. The Hall–Kier alpha value is -1.35. The monoisotopic (exact) mass is 149 g/mol. The fourth-order valence-electron chi connectivity index (χ4n) is 0.747. The predicted molar refractivity (Wildman–Crippen MR) is 42.2 cm³/mol. The van der Waals surface area contributed by atoms with Crippen LogP contribution in [0.1, 0.15) is 10.4 Å². The van der Waals surface area contributed by atoms with Crippen molar-refractivity contribution < 1.29 is 4.79 Å². The minimum atomic E-state index is -0.286. The third-order valence-electron chi connectivity index (χ3n) is 1.28. The van der Waals surface area contributed by atoms with Crippen LogP contribution in [0.4, 0.5) is 0 Å². The van der Waals surface area contributed by atoms with Gasteiger partial charge in [0, 0.05) is 5.56 Å². The van der Waals surface area contributed by atoms with Gasteiger partial charge >= 0.3 is 0 Å². The number of carbonyl (C=O) groups is 1. The fourth-order valence-corrected chi connectivity index (χ4v) is 0.747. The van der Waals surface area contributed by atoms with Crippen molar-refractivity contribution in [2.24, 2.45) is 5.84 Å². The Labute approximate surface area is 65.4 Å². The summed E-state index contributed by atoms with van der Waals surface area (Å²) in [6.07, 6.45) is 0. The molecule has 0 aliphatic heterocycles. The highest BCUT2D eigenvalue weighted by molar-refractivity contribution is 5.93. The van der Waals surface area contributed by atoms with E-state index in [1.165, 1.54) is 0 Å². The zero-order valence-corrected chi connectivity index (χ0v) is 6.03. The molecule has 0 aliphatic rings. The van der Waals surface area contributed by atoms with Crippen molar-refractivity contribution in [1.82, 2.24) is 5.01 Å². The van der Waals surface area contributed by atoms with Crippen LogP contribution in [0.5, 0.6) is 0 Å². The molecule has 1 amide bonds. The SMILES string of the molecule is [CH2]N(N)C(=O)c1ccccc1. The zero-order valence-electron chi connectivity index (χ0n) is 6.03. The van der Waals surface area contributed by atoms with Gasteiger partial charge in [-0.15, -0.1) is 0 Å². The number of nitrogens with zero attached hydrogens (tertiary/aromatic N) is 1. The van der Waals surface area contributed by atoms with E-state index in [0.29, 0.717) is 5.56 Å². The second-order valence-corrected chi connectivity index (χ2v) is 2.14. The molecule has 1 radical (unpaired) electrons. The van der Waals surface area contributed by atoms with Gasteiger partial charge in [-0.1, -0.05) is 18.2 Å². The van der Waals surface area contributed by atoms with Gasteiger partial charge in [-0.25, -0.2) is 5.84 Å². The molecule has 0 saturated carbocycles. The van der Waals surface area contributed by atoms with E-state index in [9.17, 15) is 4.79 Å². The first-order valence-electron chi connectivity index (χ1n) is 3.16. The molecule has 3 heteroatoms. The summed E-state index contributed by atoms with van der Waals surface area (Å²) in [4.78, 5) is 11.1. The van der Waals surface area contributed by atoms with Crippen LogP contribution >= 0.6 is 0 Å². The highest BCUT2D eigenvalue weighted by Gasteiger charge is 2.05. The van der Waals surface area contributed by atoms with Crippen LogP contribution in [0.25, 0.3) is 0 Å². The molecule has 1 aromatic carbocycles. The van der Waals surface area contributed by atoms with E-state index in [2.05, 4.69) is 7.05 Å². The Morgan fingerprint density at radius 2 is 1.91 bits per heavy atom. The summed E-state index contributed by atoms with van der Waals surface area (Å²) < 4.78 is 0. The highest BCUT2D eigenvalue weighted by Crippen LogP contribution is 1.99. The van der Waals surface area contributed by atoms with Crippen LogP contribution in [-0.2, 0) is 0 Å². The molecule has 0 aliphatic carbocycles. The molecule has 1 rings (SSSR count). The van der Waals surface area contributed by atoms with Gasteiger partial charge < -0.3 is 0 Å². The fraction of sp³-hybridized carbons (Fsp3) is 0. The lowest BCUT2D eigenvalue weighted by Crippen LogP contribution is -2.30. The van der Waals surface area contributed by atoms with Gasteiger partial charge in [0.2, 0.25) is 0 Å². The first kappa shape index (κ1) is 7.75. The van der Waals surface area contributed by atoms with E-state index in [1.54, 1.807) is 24.3 Å². The maximum Gasteiger partial charge on any atom is 0.267 e. The van der Waals surface area contributed by atoms with Gasteiger partial charge in [-0.05, 0) is 12.1 Å². The molecule has 2 N–H and O–H groups in total. The van der Waals surface area contributed by atoms with E-state index in [1.807, 2.05) is 6.07 Å². The molecule has 0 unspecified atom stereocenters. The summed E-state index contributed by atoms with van der Waals surface area (Å²) in [5, 5.41) is 0.815. The molecule has 0 fully saturated rings. The molecular formula is C8H9N2O. The lowest BCUT2D eigenvalue weighted by Gasteiger charge is -2.08. The van der Waals surface area contributed by atoms with E-state index in [-0.39, 0.29) is 5.91 Å². The van der Waals surface area contributed by atoms with Crippen molar-refractivity contribution in [3.8, 4) is 0 Å². The van der Waals surface area contributed by atoms with E-state index < -0.39 is 0 Å². The molecule has 1 aromatic rings. The number of hydrogen-bond acceptors (Lipinski definition) is 2. The number of benzene rings is 1. The maximum atomic E-state index is 11.1. The number of hydrazine groups is 1. The van der Waals surface area contributed by atoms with Crippen molar-refractivity contribution in [3.05, 3.63) is 42.9 Å². The summed E-state index contributed by atoms with van der Waals surface area (Å²) in [6.45, 7) is 0. The van der Waals surface area contributed by atoms with E-state index in [0.717, 1.165) is 5.01 Å². The van der Waals surface area contributed by atoms with Crippen LogP contribution in [0.15, 0.2) is 30.3 Å². The average molecular weight is 149 g/mol. The third kappa shape index (κ3) is 1.78. The minimum Gasteiger partial charge on any atom is -0.275 e. The summed E-state index contributed by atoms with van der Waals surface area (Å²) in [5.74, 6) is 4.85. The van der Waals surface area contributed by atoms with Gasteiger partial charge in [0.25, 0.3) is 5.91 Å². The van der Waals surface area contributed by atoms with Crippen molar-refractivity contribution in [3.63, 3.8) is 0 Å². The number of amides is 1. The highest BCUT2D eigenvalue weighted by atomic mass is 16.2. The number of rotatable bonds is 1. The van der Waals surface area contributed by atoms with Gasteiger partial charge in [0.05, 0.1) is 7.05 Å². The standard InChI is InChI=1S/C8H9N2O/c1-10(9)8(11)7-5-3-2-4-6-7/h2-6H,1,9H2. The van der Waals surface area contributed by atoms with Crippen molar-refractivity contribution >= 4 is 5.91 Å². The van der Waals surface area contributed by atoms with Crippen LogP contribution in [0.3, 0.4) is 0 Å². The molecule has 57 valence electrons.